The first-order valence-electron chi connectivity index (χ1n) is 28.9. The van der Waals surface area contributed by atoms with Crippen LogP contribution in [0.4, 0.5) is 0 Å². The predicted molar refractivity (Wildman–Crippen MR) is 325 cm³/mol. The molecule has 0 N–H and O–H groups in total. The van der Waals surface area contributed by atoms with Gasteiger partial charge in [-0.15, -0.1) is 0 Å². The topological polar surface area (TPSA) is 88.5 Å². The van der Waals surface area contributed by atoms with E-state index in [4.69, 9.17) is 18.9 Å². The Labute approximate surface area is 477 Å². The molecule has 0 aliphatic heterocycles. The van der Waals surface area contributed by atoms with Gasteiger partial charge >= 0.3 is 0 Å². The lowest BCUT2D eigenvalue weighted by Gasteiger charge is -2.28. The monoisotopic (exact) mass is 1070 g/mol. The molecule has 0 unspecified atom stereocenters. The Morgan fingerprint density at radius 2 is 0.475 bits per heavy atom. The number of hydrogen-bond donors (Lipinski definition) is 0. The summed E-state index contributed by atoms with van der Waals surface area (Å²) < 4.78 is 28.8. The summed E-state index contributed by atoms with van der Waals surface area (Å²) in [6, 6.07) is 35.7. The maximum atomic E-state index is 7.19. The van der Waals surface area contributed by atoms with Gasteiger partial charge in [0.1, 0.15) is 49.4 Å². The number of benzene rings is 4. The molecule has 416 valence electrons. The third-order valence-electron chi connectivity index (χ3n) is 15.5. The predicted octanol–water partition coefficient (Wildman–Crippen LogP) is 16.6. The lowest BCUT2D eigenvalue weighted by molar-refractivity contribution is 0.294. The number of hydrogen-bond acceptors (Lipinski definition) is 8. The van der Waals surface area contributed by atoms with Crippen LogP contribution in [-0.2, 0) is 86.6 Å². The normalized spacial score (nSPS) is 13.6. The lowest BCUT2D eigenvalue weighted by atomic mass is 9.80. The van der Waals surface area contributed by atoms with Crippen LogP contribution in [0.25, 0.3) is 0 Å². The first-order valence-corrected chi connectivity index (χ1v) is 28.9. The molecular weight excluding hydrogens is 985 g/mol. The van der Waals surface area contributed by atoms with E-state index in [-0.39, 0.29) is 21.7 Å². The molecule has 4 aromatic carbocycles. The van der Waals surface area contributed by atoms with Crippen LogP contribution < -0.4 is 18.9 Å². The van der Waals surface area contributed by atoms with Crippen molar-refractivity contribution in [3.8, 4) is 23.0 Å². The Balaban J connectivity index is 1.28. The van der Waals surface area contributed by atoms with Crippen molar-refractivity contribution in [3.05, 3.63) is 236 Å². The average Bonchev–Trinajstić information content (AvgIpc) is 3.52. The van der Waals surface area contributed by atoms with Crippen LogP contribution in [-0.4, -0.2) is 19.9 Å². The summed E-state index contributed by atoms with van der Waals surface area (Å²) in [7, 11) is 0. The smallest absolute Gasteiger partial charge is 0.126 e. The molecule has 0 fully saturated rings. The van der Waals surface area contributed by atoms with E-state index in [1.807, 2.05) is 98.1 Å². The van der Waals surface area contributed by atoms with Gasteiger partial charge in [0, 0.05) is 62.4 Å². The molecule has 80 heavy (non-hydrogen) atoms. The minimum absolute atomic E-state index is 0.131. The second kappa shape index (κ2) is 24.6. The van der Waals surface area contributed by atoms with Crippen LogP contribution in [0.5, 0.6) is 23.0 Å². The SMILES string of the molecule is CC(C)(C)c1cc2c(OCc3ccncc3)c(c1)Cc1cc(C(C)(C)C)cc(c1OCc1ccncc1)CCCc1cc(C(C)(C)C)cc(c1OCc1ccncc1)Cc1cc(C(C)(C)C)cc(c1OCc1ccncc1)CCC2. The molecule has 4 aromatic heterocycles. The molecule has 8 aromatic rings. The van der Waals surface area contributed by atoms with Crippen molar-refractivity contribution >= 4 is 0 Å². The fourth-order valence-electron chi connectivity index (χ4n) is 10.6. The first kappa shape index (κ1) is 57.4. The average molecular weight is 1070 g/mol. The van der Waals surface area contributed by atoms with Crippen LogP contribution in [0.2, 0.25) is 0 Å². The number of ether oxygens (including phenoxy) is 4. The van der Waals surface area contributed by atoms with Crippen LogP contribution in [0.15, 0.2) is 147 Å². The Morgan fingerprint density at radius 3 is 0.662 bits per heavy atom. The Hall–Kier alpha value is -7.32. The fraction of sp³-hybridized carbons (Fsp3) is 0.389. The van der Waals surface area contributed by atoms with Gasteiger partial charge in [-0.1, -0.05) is 132 Å². The summed E-state index contributed by atoms with van der Waals surface area (Å²) in [5.74, 6) is 3.77. The number of pyridine rings is 4. The van der Waals surface area contributed by atoms with Crippen LogP contribution >= 0.6 is 0 Å². The summed E-state index contributed by atoms with van der Waals surface area (Å²) in [5.41, 5.74) is 18.3. The number of rotatable bonds is 12. The van der Waals surface area contributed by atoms with Crippen molar-refractivity contribution in [2.24, 2.45) is 0 Å². The maximum absolute atomic E-state index is 7.19. The standard InChI is InChI=1S/C72H84N4O4/c1-69(2,3)61-37-53-15-13-16-54-38-63(71(7,8)9)43-59(67(54)79-47-51-23-31-75-32-24-51)36-60-44-64(72(10,11)12)40-56(68(60)80-48-52-25-33-76-34-26-52)18-14-17-55-39-62(70(4,5)6)42-58(66(55)78-46-50-21-29-74-30-22-50)35-57(41-61)65(53)77-45-49-19-27-73-28-20-49/h19-34,37-44H,13-18,35-36,45-48H2,1-12H3. The van der Waals surface area contributed by atoms with E-state index in [1.165, 1.54) is 44.5 Å². The Morgan fingerprint density at radius 1 is 0.287 bits per heavy atom. The van der Waals surface area contributed by atoms with E-state index in [0.717, 1.165) is 106 Å². The zero-order valence-electron chi connectivity index (χ0n) is 49.8. The van der Waals surface area contributed by atoms with Gasteiger partial charge in [0.2, 0.25) is 0 Å². The van der Waals surface area contributed by atoms with Crippen LogP contribution in [0.1, 0.15) is 185 Å². The molecule has 8 heteroatoms. The second-order valence-electron chi connectivity index (χ2n) is 26.1. The number of aromatic nitrogens is 4. The molecule has 0 saturated heterocycles. The van der Waals surface area contributed by atoms with E-state index in [1.54, 1.807) is 0 Å². The number of fused-ring (bicyclic) bond motifs is 8. The number of aryl methyl sites for hydroxylation is 4. The molecule has 0 saturated carbocycles. The molecule has 0 spiro atoms. The zero-order chi connectivity index (χ0) is 56.7. The van der Waals surface area contributed by atoms with Crippen molar-refractivity contribution in [1.82, 2.24) is 19.9 Å². The van der Waals surface area contributed by atoms with Gasteiger partial charge in [-0.25, -0.2) is 0 Å². The summed E-state index contributed by atoms with van der Waals surface area (Å²) >= 11 is 0. The lowest BCUT2D eigenvalue weighted by Crippen LogP contribution is -2.16. The summed E-state index contributed by atoms with van der Waals surface area (Å²) in [4.78, 5) is 17.3. The van der Waals surface area contributed by atoms with E-state index in [2.05, 4.69) is 152 Å². The van der Waals surface area contributed by atoms with Crippen molar-refractivity contribution in [2.75, 3.05) is 0 Å². The van der Waals surface area contributed by atoms with E-state index in [0.29, 0.717) is 39.3 Å². The van der Waals surface area contributed by atoms with Crippen molar-refractivity contribution in [3.63, 3.8) is 0 Å². The Bertz CT molecular complexity index is 2900. The van der Waals surface area contributed by atoms with Gasteiger partial charge in [0.15, 0.2) is 0 Å². The van der Waals surface area contributed by atoms with Gasteiger partial charge in [0.25, 0.3) is 0 Å². The maximum Gasteiger partial charge on any atom is 0.126 e. The molecule has 0 atom stereocenters. The van der Waals surface area contributed by atoms with Gasteiger partial charge in [0.05, 0.1) is 0 Å². The first-order chi connectivity index (χ1) is 38.2. The van der Waals surface area contributed by atoms with Gasteiger partial charge in [-0.05, 0) is 198 Å². The van der Waals surface area contributed by atoms with Crippen molar-refractivity contribution in [1.29, 1.82) is 0 Å². The highest BCUT2D eigenvalue weighted by Gasteiger charge is 2.28. The minimum atomic E-state index is -0.131. The molecule has 4 heterocycles. The summed E-state index contributed by atoms with van der Waals surface area (Å²) in [5, 5.41) is 0. The van der Waals surface area contributed by atoms with Crippen molar-refractivity contribution in [2.45, 2.75) is 183 Å². The van der Waals surface area contributed by atoms with Gasteiger partial charge in [-0.3, -0.25) is 19.9 Å². The van der Waals surface area contributed by atoms with Crippen LogP contribution in [0.3, 0.4) is 0 Å². The Kier molecular flexibility index (Phi) is 17.6. The highest BCUT2D eigenvalue weighted by atomic mass is 16.5. The molecular formula is C72H84N4O4. The summed E-state index contributed by atoms with van der Waals surface area (Å²) in [6.45, 7) is 29.5. The van der Waals surface area contributed by atoms with Crippen molar-refractivity contribution < 1.29 is 18.9 Å². The molecule has 8 bridgehead atoms. The van der Waals surface area contributed by atoms with E-state index in [9.17, 15) is 0 Å². The van der Waals surface area contributed by atoms with Gasteiger partial charge in [-0.2, -0.15) is 0 Å². The second-order valence-corrected chi connectivity index (χ2v) is 26.1. The highest BCUT2D eigenvalue weighted by molar-refractivity contribution is 5.56. The minimum Gasteiger partial charge on any atom is -0.488 e. The molecule has 9 rings (SSSR count). The van der Waals surface area contributed by atoms with Crippen LogP contribution in [0, 0.1) is 0 Å². The molecule has 0 amide bonds. The fourth-order valence-corrected chi connectivity index (χ4v) is 10.6. The quantitative estimate of drug-likeness (QED) is 0.120. The summed E-state index contributed by atoms with van der Waals surface area (Å²) in [6.07, 6.45) is 20.9. The molecule has 1 aliphatic carbocycles. The number of nitrogens with zero attached hydrogens (tertiary/aromatic N) is 4. The largest absolute Gasteiger partial charge is 0.488 e. The zero-order valence-corrected chi connectivity index (χ0v) is 49.8. The molecule has 0 radical (unpaired) electrons. The van der Waals surface area contributed by atoms with Gasteiger partial charge < -0.3 is 18.9 Å². The third-order valence-corrected chi connectivity index (χ3v) is 15.5. The molecule has 1 aliphatic rings. The van der Waals surface area contributed by atoms with E-state index >= 15 is 0 Å². The third kappa shape index (κ3) is 14.7. The highest BCUT2D eigenvalue weighted by Crippen LogP contribution is 2.43. The van der Waals surface area contributed by atoms with E-state index < -0.39 is 0 Å². The molecule has 8 nitrogen and oxygen atoms in total.